The third-order valence-corrected chi connectivity index (χ3v) is 8.72. The summed E-state index contributed by atoms with van der Waals surface area (Å²) in [6.45, 7) is 0.820. The van der Waals surface area contributed by atoms with Crippen molar-refractivity contribution in [2.24, 2.45) is 0 Å². The van der Waals surface area contributed by atoms with Crippen LogP contribution in [0.25, 0.3) is 0 Å². The molecule has 1 aliphatic heterocycles. The molecule has 28 heavy (non-hydrogen) atoms. The summed E-state index contributed by atoms with van der Waals surface area (Å²) in [7, 11) is -5.38. The van der Waals surface area contributed by atoms with Crippen molar-refractivity contribution in [2.75, 3.05) is 26.4 Å². The minimum atomic E-state index is -3.65. The molecule has 1 aliphatic carbocycles. The number of nitrogens with one attached hydrogen (secondary N) is 1. The molecule has 1 heterocycles. The highest BCUT2D eigenvalue weighted by molar-refractivity contribution is 9.10. The van der Waals surface area contributed by atoms with Gasteiger partial charge in [-0.3, -0.25) is 4.79 Å². The number of likely N-dealkylation sites (tertiary alicyclic amines) is 1. The predicted octanol–water partition coefficient (Wildman–Crippen LogP) is 1.39. The smallest absolute Gasteiger partial charge is 0.255 e. The summed E-state index contributed by atoms with van der Waals surface area (Å²) in [5.74, 6) is -0.268. The van der Waals surface area contributed by atoms with Crippen LogP contribution in [0.4, 0.5) is 0 Å². The van der Waals surface area contributed by atoms with E-state index in [2.05, 4.69) is 20.7 Å². The zero-order valence-electron chi connectivity index (χ0n) is 15.8. The maximum absolute atomic E-state index is 13.0. The largest absolute Gasteiger partial charge is 0.338 e. The van der Waals surface area contributed by atoms with Crippen molar-refractivity contribution in [2.45, 2.75) is 42.7 Å². The summed E-state index contributed by atoms with van der Waals surface area (Å²) in [6.07, 6.45) is 3.91. The van der Waals surface area contributed by atoms with E-state index in [1.807, 2.05) is 0 Å². The lowest BCUT2D eigenvalue weighted by molar-refractivity contribution is 0.0685. The highest BCUT2D eigenvalue weighted by Gasteiger charge is 2.31. The molecule has 3 rings (SSSR count). The van der Waals surface area contributed by atoms with E-state index in [-0.39, 0.29) is 28.4 Å². The fourth-order valence-corrected chi connectivity index (χ4v) is 5.70. The van der Waals surface area contributed by atoms with Gasteiger partial charge < -0.3 is 4.90 Å². The molecule has 1 saturated heterocycles. The molecule has 2 aliphatic rings. The summed E-state index contributed by atoms with van der Waals surface area (Å²) >= 11 is 3.34. The van der Waals surface area contributed by atoms with Gasteiger partial charge in [-0.25, -0.2) is 25.9 Å². The van der Waals surface area contributed by atoms with Crippen LogP contribution in [0.15, 0.2) is 27.6 Å². The van der Waals surface area contributed by atoms with Crippen LogP contribution in [0.3, 0.4) is 0 Å². The molecular weight excluding hydrogens is 470 g/mol. The van der Waals surface area contributed by atoms with Crippen molar-refractivity contribution in [3.63, 3.8) is 0 Å². The quantitative estimate of drug-likeness (QED) is 0.644. The molecule has 1 amide bonds. The van der Waals surface area contributed by atoms with Gasteiger partial charge in [0.15, 0.2) is 0 Å². The van der Waals surface area contributed by atoms with Crippen LogP contribution in [0.2, 0.25) is 0 Å². The lowest BCUT2D eigenvalue weighted by atomic mass is 10.0. The van der Waals surface area contributed by atoms with Crippen LogP contribution in [0.5, 0.6) is 0 Å². The van der Waals surface area contributed by atoms with E-state index >= 15 is 0 Å². The summed E-state index contributed by atoms with van der Waals surface area (Å²) in [6, 6.07) is 4.28. The van der Waals surface area contributed by atoms with E-state index in [1.54, 1.807) is 18.0 Å². The fraction of sp³-hybridized carbons (Fsp3) is 0.588. The molecule has 1 N–H and O–H groups in total. The maximum Gasteiger partial charge on any atom is 0.255 e. The van der Waals surface area contributed by atoms with Gasteiger partial charge in [-0.15, -0.1) is 0 Å². The molecule has 0 spiro atoms. The standard InChI is InChI=1S/C17H24BrN3O5S2/c1-20(27(2,23)24)13-7-9-21(10-8-13)17(22)15-11-14(5-6-16(15)18)28(25,26)19-12-3-4-12/h5-6,11-13,19H,3-4,7-10H2,1-2H3. The number of benzene rings is 1. The van der Waals surface area contributed by atoms with Gasteiger partial charge in [0.2, 0.25) is 20.0 Å². The predicted molar refractivity (Wildman–Crippen MR) is 109 cm³/mol. The number of sulfonamides is 2. The molecule has 2 fully saturated rings. The van der Waals surface area contributed by atoms with Crippen molar-refractivity contribution in [1.82, 2.24) is 13.9 Å². The second kappa shape index (κ2) is 8.02. The van der Waals surface area contributed by atoms with E-state index in [9.17, 15) is 21.6 Å². The first-order chi connectivity index (χ1) is 13.0. The summed E-state index contributed by atoms with van der Waals surface area (Å²) < 4.78 is 52.8. The molecule has 156 valence electrons. The Morgan fingerprint density at radius 3 is 2.29 bits per heavy atom. The van der Waals surface area contributed by atoms with Crippen molar-refractivity contribution in [3.8, 4) is 0 Å². The van der Waals surface area contributed by atoms with Gasteiger partial charge in [-0.1, -0.05) is 0 Å². The van der Waals surface area contributed by atoms with Gasteiger partial charge >= 0.3 is 0 Å². The minimum Gasteiger partial charge on any atom is -0.338 e. The average molecular weight is 494 g/mol. The molecule has 11 heteroatoms. The van der Waals surface area contributed by atoms with Gasteiger partial charge in [0, 0.05) is 36.7 Å². The van der Waals surface area contributed by atoms with E-state index in [1.165, 1.54) is 22.7 Å². The normalized spacial score (nSPS) is 19.2. The Labute approximate surface area is 174 Å². The molecule has 0 aromatic heterocycles. The summed E-state index contributed by atoms with van der Waals surface area (Å²) in [5.41, 5.74) is 0.286. The zero-order chi connectivity index (χ0) is 20.7. The van der Waals surface area contributed by atoms with Crippen LogP contribution in [-0.2, 0) is 20.0 Å². The van der Waals surface area contributed by atoms with E-state index in [0.717, 1.165) is 12.8 Å². The number of nitrogens with zero attached hydrogens (tertiary/aromatic N) is 2. The average Bonchev–Trinajstić information content (AvgIpc) is 3.43. The first kappa shape index (κ1) is 21.7. The maximum atomic E-state index is 13.0. The molecule has 1 aromatic rings. The number of carbonyl (C=O) groups is 1. The van der Waals surface area contributed by atoms with Crippen molar-refractivity contribution < 1.29 is 21.6 Å². The fourth-order valence-electron chi connectivity index (χ4n) is 3.20. The van der Waals surface area contributed by atoms with E-state index in [0.29, 0.717) is 30.4 Å². The lowest BCUT2D eigenvalue weighted by Crippen LogP contribution is -2.47. The number of hydrogen-bond donors (Lipinski definition) is 1. The molecular formula is C17H24BrN3O5S2. The third kappa shape index (κ3) is 4.93. The first-order valence-electron chi connectivity index (χ1n) is 9.03. The van der Waals surface area contributed by atoms with Gasteiger partial charge in [-0.05, 0) is 59.8 Å². The van der Waals surface area contributed by atoms with E-state index < -0.39 is 20.0 Å². The Morgan fingerprint density at radius 1 is 1.14 bits per heavy atom. The number of hydrogen-bond acceptors (Lipinski definition) is 5. The molecule has 1 saturated carbocycles. The van der Waals surface area contributed by atoms with Gasteiger partial charge in [0.25, 0.3) is 5.91 Å². The number of piperidine rings is 1. The van der Waals surface area contributed by atoms with Gasteiger partial charge in [0.05, 0.1) is 16.7 Å². The molecule has 0 radical (unpaired) electrons. The second-order valence-corrected chi connectivity index (χ2v) is 12.0. The van der Waals surface area contributed by atoms with Crippen LogP contribution in [-0.4, -0.2) is 70.4 Å². The summed E-state index contributed by atoms with van der Waals surface area (Å²) in [5, 5.41) is 0. The Kier molecular flexibility index (Phi) is 6.21. The molecule has 0 atom stereocenters. The topological polar surface area (TPSA) is 104 Å². The highest BCUT2D eigenvalue weighted by atomic mass is 79.9. The number of carbonyl (C=O) groups excluding carboxylic acids is 1. The van der Waals surface area contributed by atoms with Crippen molar-refractivity contribution in [1.29, 1.82) is 0 Å². The number of rotatable bonds is 6. The number of halogens is 1. The van der Waals surface area contributed by atoms with Crippen LogP contribution in [0.1, 0.15) is 36.0 Å². The van der Waals surface area contributed by atoms with Gasteiger partial charge in [-0.2, -0.15) is 0 Å². The lowest BCUT2D eigenvalue weighted by Gasteiger charge is -2.35. The van der Waals surface area contributed by atoms with E-state index in [4.69, 9.17) is 0 Å². The third-order valence-electron chi connectivity index (χ3n) is 5.17. The number of amides is 1. The SMILES string of the molecule is CN(C1CCN(C(=O)c2cc(S(=O)(=O)NC3CC3)ccc2Br)CC1)S(C)(=O)=O. The van der Waals surface area contributed by atoms with Crippen LogP contribution >= 0.6 is 15.9 Å². The molecule has 1 aromatic carbocycles. The molecule has 0 bridgehead atoms. The first-order valence-corrected chi connectivity index (χ1v) is 13.2. The Balaban J connectivity index is 1.73. The highest BCUT2D eigenvalue weighted by Crippen LogP contribution is 2.27. The Hall–Kier alpha value is -1.01. The Bertz CT molecular complexity index is 969. The second-order valence-electron chi connectivity index (χ2n) is 7.34. The summed E-state index contributed by atoms with van der Waals surface area (Å²) in [4.78, 5) is 14.7. The molecule has 8 nitrogen and oxygen atoms in total. The van der Waals surface area contributed by atoms with Gasteiger partial charge in [0.1, 0.15) is 0 Å². The Morgan fingerprint density at radius 2 is 1.75 bits per heavy atom. The minimum absolute atomic E-state index is 0.0151. The van der Waals surface area contributed by atoms with Crippen molar-refractivity contribution in [3.05, 3.63) is 28.2 Å². The zero-order valence-corrected chi connectivity index (χ0v) is 19.0. The monoisotopic (exact) mass is 493 g/mol. The van der Waals surface area contributed by atoms with Crippen LogP contribution < -0.4 is 4.72 Å². The van der Waals surface area contributed by atoms with Crippen LogP contribution in [0, 0.1) is 0 Å². The van der Waals surface area contributed by atoms with Crippen molar-refractivity contribution >= 4 is 41.9 Å². The molecule has 0 unspecified atom stereocenters.